The Morgan fingerprint density at radius 3 is 2.29 bits per heavy atom. The van der Waals surface area contributed by atoms with Gasteiger partial charge >= 0.3 is 6.09 Å². The third-order valence-electron chi connectivity index (χ3n) is 6.20. The Morgan fingerprint density at radius 1 is 1.00 bits per heavy atom. The average Bonchev–Trinajstić information content (AvgIpc) is 3.48. The summed E-state index contributed by atoms with van der Waals surface area (Å²) >= 11 is 0. The average molecular weight is 319 g/mol. The molecule has 2 aliphatic carbocycles. The van der Waals surface area contributed by atoms with E-state index in [1.165, 1.54) is 24.0 Å². The first-order valence-electron chi connectivity index (χ1n) is 8.79. The second-order valence-corrected chi connectivity index (χ2v) is 7.52. The van der Waals surface area contributed by atoms with Gasteiger partial charge in [0.15, 0.2) is 0 Å². The standard InChI is InChI=1S/C21H21NO2/c23-19-22(18(14-24-19)17-9-5-2-6-10-17)21(15-20(21)11-12-20)13-16-7-3-1-4-8-16/h1-10,18H,11-15H2/t18-,21-/m1/s1. The number of cyclic esters (lactones) is 1. The van der Waals surface area contributed by atoms with Crippen molar-refractivity contribution < 1.29 is 9.53 Å². The monoisotopic (exact) mass is 319 g/mol. The van der Waals surface area contributed by atoms with Crippen molar-refractivity contribution in [2.24, 2.45) is 5.41 Å². The Kier molecular flexibility index (Phi) is 2.85. The maximum atomic E-state index is 12.7. The van der Waals surface area contributed by atoms with Gasteiger partial charge in [-0.2, -0.15) is 0 Å². The van der Waals surface area contributed by atoms with Gasteiger partial charge in [0.05, 0.1) is 11.6 Å². The molecule has 24 heavy (non-hydrogen) atoms. The van der Waals surface area contributed by atoms with Gasteiger partial charge in [-0.3, -0.25) is 4.90 Å². The van der Waals surface area contributed by atoms with Gasteiger partial charge in [0.2, 0.25) is 0 Å². The molecule has 2 atom stereocenters. The fourth-order valence-electron chi connectivity index (χ4n) is 4.73. The quantitative estimate of drug-likeness (QED) is 0.838. The predicted octanol–water partition coefficient (Wildman–Crippen LogP) is 4.35. The summed E-state index contributed by atoms with van der Waals surface area (Å²) in [7, 11) is 0. The first kappa shape index (κ1) is 14.1. The number of ether oxygens (including phenoxy) is 1. The van der Waals surface area contributed by atoms with Crippen molar-refractivity contribution in [1.82, 2.24) is 4.90 Å². The highest BCUT2D eigenvalue weighted by atomic mass is 16.6. The number of amides is 1. The number of carbonyl (C=O) groups is 1. The lowest BCUT2D eigenvalue weighted by Gasteiger charge is -2.33. The minimum Gasteiger partial charge on any atom is -0.447 e. The number of hydrogen-bond acceptors (Lipinski definition) is 2. The van der Waals surface area contributed by atoms with Crippen LogP contribution in [0.1, 0.15) is 36.4 Å². The number of benzene rings is 2. The topological polar surface area (TPSA) is 29.5 Å². The van der Waals surface area contributed by atoms with Gasteiger partial charge in [-0.05, 0) is 42.2 Å². The summed E-state index contributed by atoms with van der Waals surface area (Å²) in [6.45, 7) is 0.468. The molecule has 122 valence electrons. The second kappa shape index (κ2) is 4.85. The van der Waals surface area contributed by atoms with Crippen LogP contribution in [0.2, 0.25) is 0 Å². The normalized spacial score (nSPS) is 29.6. The summed E-state index contributed by atoms with van der Waals surface area (Å²) in [6, 6.07) is 20.9. The molecule has 0 aromatic heterocycles. The van der Waals surface area contributed by atoms with Gasteiger partial charge in [0, 0.05) is 0 Å². The summed E-state index contributed by atoms with van der Waals surface area (Å²) < 4.78 is 5.50. The van der Waals surface area contributed by atoms with Gasteiger partial charge in [-0.25, -0.2) is 4.79 Å². The van der Waals surface area contributed by atoms with E-state index in [0.29, 0.717) is 12.0 Å². The summed E-state index contributed by atoms with van der Waals surface area (Å²) in [6.07, 6.45) is 4.40. The maximum Gasteiger partial charge on any atom is 0.410 e. The van der Waals surface area contributed by atoms with Crippen molar-refractivity contribution in [3.63, 3.8) is 0 Å². The van der Waals surface area contributed by atoms with Crippen LogP contribution in [-0.2, 0) is 11.2 Å². The first-order valence-corrected chi connectivity index (χ1v) is 8.79. The lowest BCUT2D eigenvalue weighted by atomic mass is 9.96. The summed E-state index contributed by atoms with van der Waals surface area (Å²) in [5.74, 6) is 0. The van der Waals surface area contributed by atoms with Crippen LogP contribution in [0.5, 0.6) is 0 Å². The van der Waals surface area contributed by atoms with Crippen LogP contribution in [0.4, 0.5) is 4.79 Å². The van der Waals surface area contributed by atoms with Crippen LogP contribution in [0.3, 0.4) is 0 Å². The minimum absolute atomic E-state index is 0.0439. The molecule has 2 saturated carbocycles. The van der Waals surface area contributed by atoms with E-state index in [4.69, 9.17) is 4.74 Å². The zero-order valence-electron chi connectivity index (χ0n) is 13.7. The fraction of sp³-hybridized carbons (Fsp3) is 0.381. The van der Waals surface area contributed by atoms with E-state index in [1.54, 1.807) is 0 Å². The number of rotatable bonds is 4. The van der Waals surface area contributed by atoms with Crippen molar-refractivity contribution in [2.75, 3.05) is 6.61 Å². The highest BCUT2D eigenvalue weighted by Crippen LogP contribution is 2.77. The van der Waals surface area contributed by atoms with Crippen molar-refractivity contribution in [1.29, 1.82) is 0 Å². The molecule has 1 saturated heterocycles. The summed E-state index contributed by atoms with van der Waals surface area (Å²) in [5, 5.41) is 0. The third-order valence-corrected chi connectivity index (χ3v) is 6.20. The van der Waals surface area contributed by atoms with Gasteiger partial charge < -0.3 is 4.74 Å². The van der Waals surface area contributed by atoms with E-state index in [9.17, 15) is 4.79 Å². The van der Waals surface area contributed by atoms with Crippen molar-refractivity contribution in [3.8, 4) is 0 Å². The molecule has 0 radical (unpaired) electrons. The zero-order valence-corrected chi connectivity index (χ0v) is 13.7. The fourth-order valence-corrected chi connectivity index (χ4v) is 4.73. The molecule has 0 unspecified atom stereocenters. The van der Waals surface area contributed by atoms with Gasteiger partial charge in [0.25, 0.3) is 0 Å². The summed E-state index contributed by atoms with van der Waals surface area (Å²) in [5.41, 5.74) is 2.79. The van der Waals surface area contributed by atoms with Crippen LogP contribution < -0.4 is 0 Å². The zero-order chi connectivity index (χ0) is 16.2. The highest BCUT2D eigenvalue weighted by Gasteiger charge is 2.78. The lowest BCUT2D eigenvalue weighted by molar-refractivity contribution is 0.130. The molecule has 3 heteroatoms. The summed E-state index contributed by atoms with van der Waals surface area (Å²) in [4.78, 5) is 14.7. The number of hydrogen-bond donors (Lipinski definition) is 0. The number of carbonyl (C=O) groups excluding carboxylic acids is 1. The first-order chi connectivity index (χ1) is 11.7. The van der Waals surface area contributed by atoms with Crippen LogP contribution in [0.15, 0.2) is 60.7 Å². The Hall–Kier alpha value is -2.29. The molecular formula is C21H21NO2. The largest absolute Gasteiger partial charge is 0.447 e. The van der Waals surface area contributed by atoms with Crippen LogP contribution >= 0.6 is 0 Å². The van der Waals surface area contributed by atoms with Gasteiger partial charge in [0.1, 0.15) is 6.61 Å². The van der Waals surface area contributed by atoms with E-state index in [-0.39, 0.29) is 17.7 Å². The SMILES string of the molecule is O=C1OC[C@H](c2ccccc2)N1[C@]1(Cc2ccccc2)CC12CC2. The molecule has 1 heterocycles. The van der Waals surface area contributed by atoms with E-state index >= 15 is 0 Å². The van der Waals surface area contributed by atoms with Crippen LogP contribution in [0.25, 0.3) is 0 Å². The Balaban J connectivity index is 1.53. The van der Waals surface area contributed by atoms with Crippen LogP contribution in [-0.4, -0.2) is 23.1 Å². The maximum absolute atomic E-state index is 12.7. The Morgan fingerprint density at radius 2 is 1.67 bits per heavy atom. The molecule has 3 aliphatic rings. The molecule has 0 N–H and O–H groups in total. The molecule has 0 bridgehead atoms. The van der Waals surface area contributed by atoms with E-state index in [1.807, 2.05) is 24.3 Å². The molecular weight excluding hydrogens is 298 g/mol. The molecule has 5 rings (SSSR count). The molecule has 3 fully saturated rings. The van der Waals surface area contributed by atoms with Crippen LogP contribution in [0, 0.1) is 5.41 Å². The highest BCUT2D eigenvalue weighted by molar-refractivity contribution is 5.73. The lowest BCUT2D eigenvalue weighted by Crippen LogP contribution is -2.43. The smallest absolute Gasteiger partial charge is 0.410 e. The molecule has 1 spiro atoms. The molecule has 1 amide bonds. The molecule has 1 aliphatic heterocycles. The predicted molar refractivity (Wildman–Crippen MR) is 91.5 cm³/mol. The van der Waals surface area contributed by atoms with Crippen molar-refractivity contribution in [2.45, 2.75) is 37.3 Å². The second-order valence-electron chi connectivity index (χ2n) is 7.52. The Bertz CT molecular complexity index is 769. The van der Waals surface area contributed by atoms with E-state index < -0.39 is 0 Å². The molecule has 2 aromatic rings. The third kappa shape index (κ3) is 1.94. The Labute approximate surface area is 142 Å². The molecule has 3 nitrogen and oxygen atoms in total. The number of nitrogens with zero attached hydrogens (tertiary/aromatic N) is 1. The molecule has 2 aromatic carbocycles. The van der Waals surface area contributed by atoms with Crippen molar-refractivity contribution in [3.05, 3.63) is 71.8 Å². The van der Waals surface area contributed by atoms with E-state index in [2.05, 4.69) is 41.3 Å². The minimum atomic E-state index is -0.136. The van der Waals surface area contributed by atoms with Crippen molar-refractivity contribution >= 4 is 6.09 Å². The van der Waals surface area contributed by atoms with E-state index in [0.717, 1.165) is 12.8 Å². The van der Waals surface area contributed by atoms with Gasteiger partial charge in [-0.15, -0.1) is 0 Å². The van der Waals surface area contributed by atoms with Gasteiger partial charge in [-0.1, -0.05) is 60.7 Å².